The maximum atomic E-state index is 13.5. The largest absolute Gasteiger partial charge is 0.361 e. The monoisotopic (exact) mass is 335 g/mol. The van der Waals surface area contributed by atoms with Gasteiger partial charge in [0.1, 0.15) is 11.3 Å². The number of hydrogen-bond donors (Lipinski definition) is 1. The van der Waals surface area contributed by atoms with Crippen molar-refractivity contribution in [3.63, 3.8) is 0 Å². The highest BCUT2D eigenvalue weighted by Crippen LogP contribution is 2.31. The molecule has 1 N–H and O–H groups in total. The first-order valence-electron chi connectivity index (χ1n) is 7.25. The van der Waals surface area contributed by atoms with Gasteiger partial charge in [-0.25, -0.2) is 13.6 Å². The number of rotatable bonds is 3. The minimum absolute atomic E-state index is 0.00883. The normalized spacial score (nSPS) is 20.6. The van der Waals surface area contributed by atoms with Crippen molar-refractivity contribution in [2.45, 2.75) is 32.9 Å². The van der Waals surface area contributed by atoms with Crippen LogP contribution in [-0.2, 0) is 16.9 Å². The number of halogens is 2. The zero-order valence-electron chi connectivity index (χ0n) is 13.3. The predicted octanol–water partition coefficient (Wildman–Crippen LogP) is 2.54. The van der Waals surface area contributed by atoms with Gasteiger partial charge in [-0.3, -0.25) is 9.69 Å². The van der Waals surface area contributed by atoms with Crippen LogP contribution in [0, 0.1) is 25.5 Å². The molecule has 2 heterocycles. The Hall–Kier alpha value is -2.77. The standard InChI is InChI=1S/C16H15F2N3O3/c1-8-11(9(2)24-20-8)7-21-14(22)16(3,19-15(21)23)10-4-5-12(17)13(18)6-10/h4-6H,7H2,1-3H3,(H,19,23). The molecule has 2 aromatic rings. The zero-order valence-corrected chi connectivity index (χ0v) is 13.3. The SMILES string of the molecule is Cc1noc(C)c1CN1C(=O)NC(C)(c2ccc(F)c(F)c2)C1=O. The molecule has 0 saturated carbocycles. The van der Waals surface area contributed by atoms with Crippen molar-refractivity contribution < 1.29 is 22.9 Å². The van der Waals surface area contributed by atoms with E-state index in [0.29, 0.717) is 17.0 Å². The average Bonchev–Trinajstić information content (AvgIpc) is 2.95. The Kier molecular flexibility index (Phi) is 3.62. The summed E-state index contributed by atoms with van der Waals surface area (Å²) in [4.78, 5) is 26.0. The molecule has 1 aromatic heterocycles. The van der Waals surface area contributed by atoms with Gasteiger partial charge >= 0.3 is 6.03 Å². The molecule has 8 heteroatoms. The number of nitrogens with one attached hydrogen (secondary N) is 1. The second-order valence-electron chi connectivity index (χ2n) is 5.88. The molecule has 1 unspecified atom stereocenters. The Morgan fingerprint density at radius 1 is 1.25 bits per heavy atom. The Bertz CT molecular complexity index is 830. The predicted molar refractivity (Wildman–Crippen MR) is 78.8 cm³/mol. The van der Waals surface area contributed by atoms with Gasteiger partial charge < -0.3 is 9.84 Å². The molecule has 6 nitrogen and oxygen atoms in total. The van der Waals surface area contributed by atoms with E-state index >= 15 is 0 Å². The number of aromatic nitrogens is 1. The van der Waals surface area contributed by atoms with Gasteiger partial charge in [-0.05, 0) is 38.5 Å². The fraction of sp³-hybridized carbons (Fsp3) is 0.312. The molecule has 0 bridgehead atoms. The molecule has 1 fully saturated rings. The number of carbonyl (C=O) groups is 2. The molecule has 3 amide bonds. The number of carbonyl (C=O) groups excluding carboxylic acids is 2. The Morgan fingerprint density at radius 3 is 2.54 bits per heavy atom. The van der Waals surface area contributed by atoms with Crippen molar-refractivity contribution in [2.24, 2.45) is 0 Å². The third-order valence-corrected chi connectivity index (χ3v) is 4.27. The highest BCUT2D eigenvalue weighted by molar-refractivity contribution is 6.07. The lowest BCUT2D eigenvalue weighted by molar-refractivity contribution is -0.131. The van der Waals surface area contributed by atoms with E-state index in [0.717, 1.165) is 17.0 Å². The van der Waals surface area contributed by atoms with Gasteiger partial charge in [0, 0.05) is 5.56 Å². The van der Waals surface area contributed by atoms with Crippen LogP contribution >= 0.6 is 0 Å². The lowest BCUT2D eigenvalue weighted by Crippen LogP contribution is -2.41. The quantitative estimate of drug-likeness (QED) is 0.875. The molecule has 1 aliphatic heterocycles. The van der Waals surface area contributed by atoms with Crippen LogP contribution in [0.25, 0.3) is 0 Å². The van der Waals surface area contributed by atoms with Crippen molar-refractivity contribution in [1.29, 1.82) is 0 Å². The summed E-state index contributed by atoms with van der Waals surface area (Å²) < 4.78 is 31.7. The minimum atomic E-state index is -1.47. The molecule has 0 radical (unpaired) electrons. The molecule has 1 aromatic carbocycles. The van der Waals surface area contributed by atoms with E-state index in [-0.39, 0.29) is 12.1 Å². The molecule has 24 heavy (non-hydrogen) atoms. The first kappa shape index (κ1) is 16.1. The molecule has 0 aliphatic carbocycles. The number of nitrogens with zero attached hydrogens (tertiary/aromatic N) is 2. The third-order valence-electron chi connectivity index (χ3n) is 4.27. The molecule has 1 saturated heterocycles. The van der Waals surface area contributed by atoms with Crippen LogP contribution in [0.3, 0.4) is 0 Å². The molecule has 1 atom stereocenters. The van der Waals surface area contributed by atoms with Crippen LogP contribution in [0.15, 0.2) is 22.7 Å². The van der Waals surface area contributed by atoms with Crippen molar-refractivity contribution in [1.82, 2.24) is 15.4 Å². The molecular weight excluding hydrogens is 320 g/mol. The highest BCUT2D eigenvalue weighted by Gasteiger charge is 2.49. The van der Waals surface area contributed by atoms with E-state index in [1.807, 2.05) is 0 Å². The van der Waals surface area contributed by atoms with Crippen LogP contribution in [0.2, 0.25) is 0 Å². The average molecular weight is 335 g/mol. The Balaban J connectivity index is 1.94. The van der Waals surface area contributed by atoms with Gasteiger partial charge in [-0.1, -0.05) is 11.2 Å². The molecular formula is C16H15F2N3O3. The lowest BCUT2D eigenvalue weighted by Gasteiger charge is -2.22. The fourth-order valence-corrected chi connectivity index (χ4v) is 2.73. The first-order valence-corrected chi connectivity index (χ1v) is 7.25. The second kappa shape index (κ2) is 5.40. The van der Waals surface area contributed by atoms with E-state index in [9.17, 15) is 18.4 Å². The van der Waals surface area contributed by atoms with Gasteiger partial charge in [-0.2, -0.15) is 0 Å². The number of imide groups is 1. The second-order valence-corrected chi connectivity index (χ2v) is 5.88. The first-order chi connectivity index (χ1) is 11.2. The molecule has 126 valence electrons. The maximum Gasteiger partial charge on any atom is 0.325 e. The van der Waals surface area contributed by atoms with Crippen LogP contribution < -0.4 is 5.32 Å². The number of amides is 3. The van der Waals surface area contributed by atoms with Crippen molar-refractivity contribution in [3.8, 4) is 0 Å². The molecule has 0 spiro atoms. The Labute approximate surface area is 136 Å². The van der Waals surface area contributed by atoms with E-state index < -0.39 is 29.1 Å². The number of benzene rings is 1. The number of hydrogen-bond acceptors (Lipinski definition) is 4. The van der Waals surface area contributed by atoms with Gasteiger partial charge in [0.15, 0.2) is 11.6 Å². The summed E-state index contributed by atoms with van der Waals surface area (Å²) in [7, 11) is 0. The van der Waals surface area contributed by atoms with E-state index in [4.69, 9.17) is 4.52 Å². The van der Waals surface area contributed by atoms with Gasteiger partial charge in [0.2, 0.25) is 0 Å². The van der Waals surface area contributed by atoms with Crippen molar-refractivity contribution >= 4 is 11.9 Å². The summed E-state index contributed by atoms with van der Waals surface area (Å²) in [6.07, 6.45) is 0. The summed E-state index contributed by atoms with van der Waals surface area (Å²) >= 11 is 0. The van der Waals surface area contributed by atoms with Gasteiger partial charge in [0.05, 0.1) is 12.2 Å². The summed E-state index contributed by atoms with van der Waals surface area (Å²) in [5.74, 6) is -2.15. The van der Waals surface area contributed by atoms with Gasteiger partial charge in [-0.15, -0.1) is 0 Å². The van der Waals surface area contributed by atoms with E-state index in [2.05, 4.69) is 10.5 Å². The van der Waals surface area contributed by atoms with Gasteiger partial charge in [0.25, 0.3) is 5.91 Å². The zero-order chi connectivity index (χ0) is 17.6. The van der Waals surface area contributed by atoms with Crippen LogP contribution in [0.4, 0.5) is 13.6 Å². The summed E-state index contributed by atoms with van der Waals surface area (Å²) in [5, 5.41) is 6.33. The third kappa shape index (κ3) is 2.34. The topological polar surface area (TPSA) is 75.4 Å². The van der Waals surface area contributed by atoms with Crippen LogP contribution in [0.1, 0.15) is 29.5 Å². The van der Waals surface area contributed by atoms with E-state index in [1.165, 1.54) is 13.0 Å². The molecule has 1 aliphatic rings. The number of urea groups is 1. The van der Waals surface area contributed by atoms with Crippen molar-refractivity contribution in [3.05, 3.63) is 52.4 Å². The van der Waals surface area contributed by atoms with Crippen LogP contribution in [-0.4, -0.2) is 22.0 Å². The van der Waals surface area contributed by atoms with E-state index in [1.54, 1.807) is 13.8 Å². The number of aryl methyl sites for hydroxylation is 2. The van der Waals surface area contributed by atoms with Crippen LogP contribution in [0.5, 0.6) is 0 Å². The fourth-order valence-electron chi connectivity index (χ4n) is 2.73. The summed E-state index contributed by atoms with van der Waals surface area (Å²) in [5.41, 5.74) is -0.0893. The highest BCUT2D eigenvalue weighted by atomic mass is 19.2. The summed E-state index contributed by atoms with van der Waals surface area (Å²) in [6, 6.07) is 2.49. The minimum Gasteiger partial charge on any atom is -0.361 e. The summed E-state index contributed by atoms with van der Waals surface area (Å²) in [6.45, 7) is 4.83. The maximum absolute atomic E-state index is 13.5. The van der Waals surface area contributed by atoms with Crippen molar-refractivity contribution in [2.75, 3.05) is 0 Å². The molecule has 3 rings (SSSR count). The smallest absolute Gasteiger partial charge is 0.325 e. The lowest BCUT2D eigenvalue weighted by atomic mass is 9.92. The Morgan fingerprint density at radius 2 is 1.96 bits per heavy atom.